The minimum atomic E-state index is -0.415. The fraction of sp³-hybridized carbons (Fsp3) is 0.400. The van der Waals surface area contributed by atoms with Crippen molar-refractivity contribution in [1.29, 1.82) is 0 Å². The lowest BCUT2D eigenvalue weighted by Crippen LogP contribution is -2.28. The van der Waals surface area contributed by atoms with E-state index in [-0.39, 0.29) is 18.4 Å². The number of hydrogen-bond donors (Lipinski definition) is 1. The third kappa shape index (κ3) is 3.90. The SMILES string of the molecule is CCOC(=O)c1c(-c2ccc(OCC)cc2)csc1NC(=O)C1CCC1. The van der Waals surface area contributed by atoms with Gasteiger partial charge in [-0.2, -0.15) is 0 Å². The molecule has 1 heterocycles. The zero-order chi connectivity index (χ0) is 18.5. The molecular formula is C20H23NO4S. The van der Waals surface area contributed by atoms with E-state index in [0.29, 0.717) is 17.2 Å². The van der Waals surface area contributed by atoms with Crippen molar-refractivity contribution in [3.8, 4) is 16.9 Å². The van der Waals surface area contributed by atoms with Crippen LogP contribution in [0.3, 0.4) is 0 Å². The zero-order valence-electron chi connectivity index (χ0n) is 15.0. The molecule has 1 amide bonds. The predicted molar refractivity (Wildman–Crippen MR) is 103 cm³/mol. The third-order valence-electron chi connectivity index (χ3n) is 4.46. The summed E-state index contributed by atoms with van der Waals surface area (Å²) in [6, 6.07) is 7.57. The molecule has 26 heavy (non-hydrogen) atoms. The Kier molecular flexibility index (Phi) is 5.93. The van der Waals surface area contributed by atoms with Gasteiger partial charge in [-0.05, 0) is 44.4 Å². The molecule has 3 rings (SSSR count). The number of esters is 1. The fourth-order valence-electron chi connectivity index (χ4n) is 2.85. The molecule has 1 aromatic carbocycles. The van der Waals surface area contributed by atoms with Gasteiger partial charge in [-0.25, -0.2) is 4.79 Å². The van der Waals surface area contributed by atoms with Gasteiger partial charge in [-0.3, -0.25) is 4.79 Å². The highest BCUT2D eigenvalue weighted by Gasteiger charge is 2.28. The lowest BCUT2D eigenvalue weighted by molar-refractivity contribution is -0.122. The van der Waals surface area contributed by atoms with E-state index >= 15 is 0 Å². The Hall–Kier alpha value is -2.34. The highest BCUT2D eigenvalue weighted by Crippen LogP contribution is 2.38. The number of benzene rings is 1. The van der Waals surface area contributed by atoms with E-state index in [1.165, 1.54) is 11.3 Å². The van der Waals surface area contributed by atoms with Gasteiger partial charge in [0.2, 0.25) is 5.91 Å². The maximum Gasteiger partial charge on any atom is 0.341 e. The second-order valence-electron chi connectivity index (χ2n) is 6.15. The van der Waals surface area contributed by atoms with Crippen LogP contribution in [0.5, 0.6) is 5.75 Å². The number of ether oxygens (including phenoxy) is 2. The zero-order valence-corrected chi connectivity index (χ0v) is 15.9. The van der Waals surface area contributed by atoms with Crippen LogP contribution >= 0.6 is 11.3 Å². The lowest BCUT2D eigenvalue weighted by Gasteiger charge is -2.23. The molecule has 1 aromatic heterocycles. The summed E-state index contributed by atoms with van der Waals surface area (Å²) >= 11 is 1.36. The van der Waals surface area contributed by atoms with Gasteiger partial charge < -0.3 is 14.8 Å². The summed E-state index contributed by atoms with van der Waals surface area (Å²) < 4.78 is 10.7. The van der Waals surface area contributed by atoms with E-state index in [4.69, 9.17) is 9.47 Å². The molecule has 0 aliphatic heterocycles. The van der Waals surface area contributed by atoms with Gasteiger partial charge in [0.05, 0.1) is 13.2 Å². The van der Waals surface area contributed by atoms with Gasteiger partial charge in [0, 0.05) is 16.9 Å². The number of amides is 1. The standard InChI is InChI=1S/C20H23NO4S/c1-3-24-15-10-8-13(9-11-15)16-12-26-19(17(16)20(23)25-4-2)21-18(22)14-6-5-7-14/h8-12,14H,3-7H2,1-2H3,(H,21,22). The van der Waals surface area contributed by atoms with Gasteiger partial charge >= 0.3 is 5.97 Å². The van der Waals surface area contributed by atoms with Crippen molar-refractivity contribution in [3.05, 3.63) is 35.2 Å². The minimum absolute atomic E-state index is 0.0121. The molecule has 138 valence electrons. The Morgan fingerprint density at radius 2 is 1.88 bits per heavy atom. The maximum atomic E-state index is 12.5. The molecular weight excluding hydrogens is 350 g/mol. The number of anilines is 1. The monoisotopic (exact) mass is 373 g/mol. The summed E-state index contributed by atoms with van der Waals surface area (Å²) in [7, 11) is 0. The maximum absolute atomic E-state index is 12.5. The first-order valence-corrected chi connectivity index (χ1v) is 9.84. The Morgan fingerprint density at radius 1 is 1.15 bits per heavy atom. The number of carbonyl (C=O) groups is 2. The molecule has 1 N–H and O–H groups in total. The molecule has 2 aromatic rings. The van der Waals surface area contributed by atoms with Crippen LogP contribution in [0.4, 0.5) is 5.00 Å². The van der Waals surface area contributed by atoms with E-state index in [1.54, 1.807) is 6.92 Å². The summed E-state index contributed by atoms with van der Waals surface area (Å²) in [4.78, 5) is 24.9. The topological polar surface area (TPSA) is 64.6 Å². The van der Waals surface area contributed by atoms with E-state index in [2.05, 4.69) is 5.32 Å². The van der Waals surface area contributed by atoms with Crippen LogP contribution in [-0.2, 0) is 9.53 Å². The number of rotatable bonds is 7. The molecule has 0 radical (unpaired) electrons. The molecule has 1 fully saturated rings. The summed E-state index contributed by atoms with van der Waals surface area (Å²) in [5.41, 5.74) is 2.07. The molecule has 0 bridgehead atoms. The average Bonchev–Trinajstić information content (AvgIpc) is 2.98. The largest absolute Gasteiger partial charge is 0.494 e. The second kappa shape index (κ2) is 8.36. The molecule has 1 saturated carbocycles. The van der Waals surface area contributed by atoms with Crippen molar-refractivity contribution in [2.75, 3.05) is 18.5 Å². The molecule has 1 aliphatic rings. The Morgan fingerprint density at radius 3 is 2.46 bits per heavy atom. The summed E-state index contributed by atoms with van der Waals surface area (Å²) in [6.45, 7) is 4.59. The molecule has 1 aliphatic carbocycles. The molecule has 6 heteroatoms. The normalized spacial score (nSPS) is 13.8. The van der Waals surface area contributed by atoms with Crippen molar-refractivity contribution >= 4 is 28.2 Å². The van der Waals surface area contributed by atoms with Gasteiger partial charge in [0.25, 0.3) is 0 Å². The lowest BCUT2D eigenvalue weighted by atomic mass is 9.85. The first-order valence-electron chi connectivity index (χ1n) is 8.96. The first kappa shape index (κ1) is 18.5. The van der Waals surface area contributed by atoms with Crippen molar-refractivity contribution in [3.63, 3.8) is 0 Å². The molecule has 0 saturated heterocycles. The number of nitrogens with one attached hydrogen (secondary N) is 1. The first-order chi connectivity index (χ1) is 12.6. The van der Waals surface area contributed by atoms with E-state index in [0.717, 1.165) is 36.1 Å². The molecule has 0 spiro atoms. The summed E-state index contributed by atoms with van der Waals surface area (Å²) in [6.07, 6.45) is 2.92. The minimum Gasteiger partial charge on any atom is -0.494 e. The smallest absolute Gasteiger partial charge is 0.341 e. The van der Waals surface area contributed by atoms with Gasteiger partial charge in [-0.1, -0.05) is 18.6 Å². The van der Waals surface area contributed by atoms with Gasteiger partial charge in [0.15, 0.2) is 0 Å². The Labute approximate surface area is 157 Å². The highest BCUT2D eigenvalue weighted by molar-refractivity contribution is 7.15. The van der Waals surface area contributed by atoms with Crippen LogP contribution in [0.1, 0.15) is 43.5 Å². The predicted octanol–water partition coefficient (Wildman–Crippen LogP) is 4.73. The Balaban J connectivity index is 1.90. The fourth-order valence-corrected chi connectivity index (χ4v) is 3.81. The van der Waals surface area contributed by atoms with Crippen molar-refractivity contribution in [2.24, 2.45) is 5.92 Å². The van der Waals surface area contributed by atoms with Gasteiger partial charge in [-0.15, -0.1) is 11.3 Å². The number of thiophene rings is 1. The van der Waals surface area contributed by atoms with Crippen LogP contribution in [0.2, 0.25) is 0 Å². The van der Waals surface area contributed by atoms with Crippen LogP contribution in [-0.4, -0.2) is 25.1 Å². The summed E-state index contributed by atoms with van der Waals surface area (Å²) in [5.74, 6) is 0.409. The molecule has 0 unspecified atom stereocenters. The second-order valence-corrected chi connectivity index (χ2v) is 7.03. The van der Waals surface area contributed by atoms with Crippen LogP contribution < -0.4 is 10.1 Å². The van der Waals surface area contributed by atoms with Crippen molar-refractivity contribution in [2.45, 2.75) is 33.1 Å². The van der Waals surface area contributed by atoms with Crippen molar-refractivity contribution < 1.29 is 19.1 Å². The van der Waals surface area contributed by atoms with Crippen LogP contribution in [0.15, 0.2) is 29.6 Å². The molecule has 0 atom stereocenters. The van der Waals surface area contributed by atoms with Crippen LogP contribution in [0, 0.1) is 5.92 Å². The van der Waals surface area contributed by atoms with E-state index < -0.39 is 5.97 Å². The number of hydrogen-bond acceptors (Lipinski definition) is 5. The number of carbonyl (C=O) groups excluding carboxylic acids is 2. The highest BCUT2D eigenvalue weighted by atomic mass is 32.1. The quantitative estimate of drug-likeness (QED) is 0.713. The average molecular weight is 373 g/mol. The van der Waals surface area contributed by atoms with E-state index in [9.17, 15) is 9.59 Å². The van der Waals surface area contributed by atoms with Crippen molar-refractivity contribution in [1.82, 2.24) is 0 Å². The Bertz CT molecular complexity index is 778. The summed E-state index contributed by atoms with van der Waals surface area (Å²) in [5, 5.41) is 5.37. The molecule has 5 nitrogen and oxygen atoms in total. The van der Waals surface area contributed by atoms with E-state index in [1.807, 2.05) is 36.6 Å². The van der Waals surface area contributed by atoms with Crippen LogP contribution in [0.25, 0.3) is 11.1 Å². The van der Waals surface area contributed by atoms with Gasteiger partial charge in [0.1, 0.15) is 16.3 Å². The third-order valence-corrected chi connectivity index (χ3v) is 5.36.